The quantitative estimate of drug-likeness (QED) is 0.900. The van der Waals surface area contributed by atoms with Crippen LogP contribution >= 0.6 is 34.5 Å². The number of hydrogen-bond donors (Lipinski definition) is 1. The topological polar surface area (TPSA) is 45.2 Å². The Bertz CT molecular complexity index is 719. The molecule has 1 aromatic heterocycles. The Morgan fingerprint density at radius 1 is 1.48 bits per heavy atom. The van der Waals surface area contributed by atoms with Crippen LogP contribution in [-0.4, -0.2) is 41.5 Å². The third-order valence-corrected chi connectivity index (χ3v) is 5.34. The molecule has 1 amide bonds. The van der Waals surface area contributed by atoms with Crippen LogP contribution in [0.25, 0.3) is 10.6 Å². The summed E-state index contributed by atoms with van der Waals surface area (Å²) in [6.45, 7) is 4.50. The molecular weight excluding hydrogens is 353 g/mol. The molecule has 2 aromatic rings. The SMILES string of the molecule is C[C@@H]1CNCCN1C(=O)Cc1csc(-c2ccc(Cl)cc2Cl)n1. The molecule has 3 rings (SSSR count). The molecule has 0 spiro atoms. The smallest absolute Gasteiger partial charge is 0.228 e. The molecule has 1 aliphatic rings. The van der Waals surface area contributed by atoms with Gasteiger partial charge in [0.15, 0.2) is 0 Å². The largest absolute Gasteiger partial charge is 0.337 e. The molecule has 1 aromatic carbocycles. The predicted octanol–water partition coefficient (Wildman–Crippen LogP) is 3.48. The van der Waals surface area contributed by atoms with Crippen molar-refractivity contribution < 1.29 is 4.79 Å². The molecule has 0 bridgehead atoms. The van der Waals surface area contributed by atoms with E-state index in [2.05, 4.69) is 17.2 Å². The van der Waals surface area contributed by atoms with Gasteiger partial charge < -0.3 is 10.2 Å². The first-order chi connectivity index (χ1) is 11.0. The molecule has 0 radical (unpaired) electrons. The van der Waals surface area contributed by atoms with Crippen LogP contribution in [0.5, 0.6) is 0 Å². The molecule has 2 heterocycles. The molecule has 0 saturated carbocycles. The van der Waals surface area contributed by atoms with Gasteiger partial charge in [-0.25, -0.2) is 4.98 Å². The highest BCUT2D eigenvalue weighted by atomic mass is 35.5. The number of halogens is 2. The lowest BCUT2D eigenvalue weighted by molar-refractivity contribution is -0.133. The number of carbonyl (C=O) groups is 1. The van der Waals surface area contributed by atoms with Crippen molar-refractivity contribution in [2.24, 2.45) is 0 Å². The minimum Gasteiger partial charge on any atom is -0.337 e. The molecule has 23 heavy (non-hydrogen) atoms. The van der Waals surface area contributed by atoms with E-state index in [1.54, 1.807) is 12.1 Å². The van der Waals surface area contributed by atoms with Gasteiger partial charge in [0.2, 0.25) is 5.91 Å². The highest BCUT2D eigenvalue weighted by Crippen LogP contribution is 2.32. The van der Waals surface area contributed by atoms with E-state index < -0.39 is 0 Å². The van der Waals surface area contributed by atoms with Gasteiger partial charge in [0.1, 0.15) is 5.01 Å². The highest BCUT2D eigenvalue weighted by molar-refractivity contribution is 7.13. The average Bonchev–Trinajstić information content (AvgIpc) is 2.95. The third kappa shape index (κ3) is 3.86. The second-order valence-corrected chi connectivity index (χ2v) is 7.29. The number of piperazine rings is 1. The Kier molecular flexibility index (Phi) is 5.21. The van der Waals surface area contributed by atoms with E-state index in [1.807, 2.05) is 16.3 Å². The van der Waals surface area contributed by atoms with Crippen LogP contribution in [0.2, 0.25) is 10.0 Å². The van der Waals surface area contributed by atoms with Crippen molar-refractivity contribution in [3.05, 3.63) is 39.3 Å². The number of thiazole rings is 1. The number of hydrogen-bond acceptors (Lipinski definition) is 4. The molecule has 1 fully saturated rings. The first-order valence-corrected chi connectivity index (χ1v) is 9.08. The molecule has 122 valence electrons. The highest BCUT2D eigenvalue weighted by Gasteiger charge is 2.23. The Balaban J connectivity index is 1.73. The number of nitrogens with zero attached hydrogens (tertiary/aromatic N) is 2. The van der Waals surface area contributed by atoms with Crippen molar-refractivity contribution in [1.82, 2.24) is 15.2 Å². The summed E-state index contributed by atoms with van der Waals surface area (Å²) in [5.41, 5.74) is 1.63. The number of nitrogens with one attached hydrogen (secondary N) is 1. The van der Waals surface area contributed by atoms with E-state index in [0.717, 1.165) is 35.9 Å². The van der Waals surface area contributed by atoms with Gasteiger partial charge in [-0.05, 0) is 25.1 Å². The molecule has 1 aliphatic heterocycles. The van der Waals surface area contributed by atoms with Crippen LogP contribution in [0.4, 0.5) is 0 Å². The molecule has 0 aliphatic carbocycles. The minimum absolute atomic E-state index is 0.123. The standard InChI is InChI=1S/C16H17Cl2N3OS/c1-10-8-19-4-5-21(10)15(22)7-12-9-23-16(20-12)13-3-2-11(17)6-14(13)18/h2-3,6,9-10,19H,4-5,7-8H2,1H3/t10-/m1/s1. The number of carbonyl (C=O) groups excluding carboxylic acids is 1. The van der Waals surface area contributed by atoms with E-state index in [0.29, 0.717) is 16.5 Å². The summed E-state index contributed by atoms with van der Waals surface area (Å²) in [6.07, 6.45) is 0.325. The van der Waals surface area contributed by atoms with Crippen molar-refractivity contribution in [2.45, 2.75) is 19.4 Å². The molecule has 1 saturated heterocycles. The Labute approximate surface area is 149 Å². The molecule has 0 unspecified atom stereocenters. The second kappa shape index (κ2) is 7.18. The predicted molar refractivity (Wildman–Crippen MR) is 95.3 cm³/mol. The van der Waals surface area contributed by atoms with Gasteiger partial charge in [0.05, 0.1) is 17.1 Å². The fraction of sp³-hybridized carbons (Fsp3) is 0.375. The lowest BCUT2D eigenvalue weighted by Crippen LogP contribution is -2.52. The average molecular weight is 370 g/mol. The summed E-state index contributed by atoms with van der Waals surface area (Å²) in [5.74, 6) is 0.123. The monoisotopic (exact) mass is 369 g/mol. The third-order valence-electron chi connectivity index (χ3n) is 3.87. The number of amides is 1. The maximum atomic E-state index is 12.5. The van der Waals surface area contributed by atoms with Gasteiger partial charge in [0.25, 0.3) is 0 Å². The van der Waals surface area contributed by atoms with E-state index in [1.165, 1.54) is 11.3 Å². The van der Waals surface area contributed by atoms with Crippen LogP contribution in [0.1, 0.15) is 12.6 Å². The Morgan fingerprint density at radius 3 is 3.04 bits per heavy atom. The van der Waals surface area contributed by atoms with Gasteiger partial charge in [0, 0.05) is 41.6 Å². The Morgan fingerprint density at radius 2 is 2.30 bits per heavy atom. The van der Waals surface area contributed by atoms with Crippen molar-refractivity contribution >= 4 is 40.4 Å². The summed E-state index contributed by atoms with van der Waals surface area (Å²) < 4.78 is 0. The number of aromatic nitrogens is 1. The van der Waals surface area contributed by atoms with Gasteiger partial charge in [-0.3, -0.25) is 4.79 Å². The summed E-state index contributed by atoms with van der Waals surface area (Å²) in [6, 6.07) is 5.57. The van der Waals surface area contributed by atoms with Gasteiger partial charge in [-0.1, -0.05) is 23.2 Å². The first kappa shape index (κ1) is 16.7. The van der Waals surface area contributed by atoms with Gasteiger partial charge in [-0.2, -0.15) is 0 Å². The van der Waals surface area contributed by atoms with Gasteiger partial charge >= 0.3 is 0 Å². The van der Waals surface area contributed by atoms with Crippen LogP contribution in [0.3, 0.4) is 0 Å². The summed E-state index contributed by atoms with van der Waals surface area (Å²) in [7, 11) is 0. The van der Waals surface area contributed by atoms with Crippen molar-refractivity contribution in [3.63, 3.8) is 0 Å². The zero-order chi connectivity index (χ0) is 16.4. The molecule has 4 nitrogen and oxygen atoms in total. The van der Waals surface area contributed by atoms with E-state index in [-0.39, 0.29) is 11.9 Å². The number of benzene rings is 1. The molecule has 1 atom stereocenters. The lowest BCUT2D eigenvalue weighted by atomic mass is 10.2. The van der Waals surface area contributed by atoms with Crippen molar-refractivity contribution in [1.29, 1.82) is 0 Å². The summed E-state index contributed by atoms with van der Waals surface area (Å²) in [4.78, 5) is 18.9. The fourth-order valence-electron chi connectivity index (χ4n) is 2.64. The van der Waals surface area contributed by atoms with Crippen molar-refractivity contribution in [3.8, 4) is 10.6 Å². The molecule has 7 heteroatoms. The zero-order valence-electron chi connectivity index (χ0n) is 12.7. The fourth-order valence-corrected chi connectivity index (χ4v) is 4.06. The van der Waals surface area contributed by atoms with E-state index in [9.17, 15) is 4.79 Å². The van der Waals surface area contributed by atoms with Crippen LogP contribution in [0, 0.1) is 0 Å². The summed E-state index contributed by atoms with van der Waals surface area (Å²) >= 11 is 13.6. The Hall–Kier alpha value is -1.14. The summed E-state index contributed by atoms with van der Waals surface area (Å²) in [5, 5.41) is 7.18. The molecule has 1 N–H and O–H groups in total. The maximum absolute atomic E-state index is 12.5. The van der Waals surface area contributed by atoms with Crippen LogP contribution in [-0.2, 0) is 11.2 Å². The second-order valence-electron chi connectivity index (χ2n) is 5.59. The normalized spacial score (nSPS) is 18.2. The molecular formula is C16H17Cl2N3OS. The zero-order valence-corrected chi connectivity index (χ0v) is 15.0. The van der Waals surface area contributed by atoms with Crippen LogP contribution in [0.15, 0.2) is 23.6 Å². The van der Waals surface area contributed by atoms with E-state index in [4.69, 9.17) is 23.2 Å². The maximum Gasteiger partial charge on any atom is 0.228 e. The number of rotatable bonds is 3. The first-order valence-electron chi connectivity index (χ1n) is 7.44. The van der Waals surface area contributed by atoms with Crippen LogP contribution < -0.4 is 5.32 Å². The van der Waals surface area contributed by atoms with Gasteiger partial charge in [-0.15, -0.1) is 11.3 Å². The lowest BCUT2D eigenvalue weighted by Gasteiger charge is -2.33. The minimum atomic E-state index is 0.123. The van der Waals surface area contributed by atoms with E-state index >= 15 is 0 Å². The van der Waals surface area contributed by atoms with Crippen molar-refractivity contribution in [2.75, 3.05) is 19.6 Å².